The van der Waals surface area contributed by atoms with E-state index in [-0.39, 0.29) is 12.8 Å². The summed E-state index contributed by atoms with van der Waals surface area (Å²) < 4.78 is 50.5. The third-order valence-electron chi connectivity index (χ3n) is 2.10. The van der Waals surface area contributed by atoms with E-state index in [0.717, 1.165) is 12.1 Å². The van der Waals surface area contributed by atoms with Crippen molar-refractivity contribution in [1.82, 2.24) is 0 Å². The summed E-state index contributed by atoms with van der Waals surface area (Å²) in [5.41, 5.74) is -2.01. The number of hydrogen-bond acceptors (Lipinski definition) is 1. The number of ketones is 1. The Morgan fingerprint density at radius 2 is 2.00 bits per heavy atom. The van der Waals surface area contributed by atoms with Gasteiger partial charge in [-0.25, -0.2) is 4.39 Å². The maximum Gasteiger partial charge on any atom is 0.419 e. The van der Waals surface area contributed by atoms with Crippen LogP contribution in [0.15, 0.2) is 18.2 Å². The number of hydrogen-bond donors (Lipinski definition) is 0. The van der Waals surface area contributed by atoms with Crippen molar-refractivity contribution in [3.05, 3.63) is 35.1 Å². The summed E-state index contributed by atoms with van der Waals surface area (Å²) in [6.07, 6.45) is -0.00476. The molecule has 5 heteroatoms. The van der Waals surface area contributed by atoms with E-state index in [9.17, 15) is 22.4 Å². The first-order valence-corrected chi connectivity index (χ1v) is 4.70. The van der Waals surface area contributed by atoms with Crippen molar-refractivity contribution in [2.24, 2.45) is 0 Å². The molecule has 1 nitrogen and oxygen atoms in total. The van der Waals surface area contributed by atoms with Gasteiger partial charge in [0, 0.05) is 12.8 Å². The Bertz CT molecular complexity index is 468. The van der Waals surface area contributed by atoms with Gasteiger partial charge < -0.3 is 0 Å². The standard InChI is InChI=1S/C12H8F4O/c1-2-3-7-10(17)8-5-4-6-9(11(8)13)12(14,15)16/h1,4-6H,3,7H2. The van der Waals surface area contributed by atoms with E-state index >= 15 is 0 Å². The lowest BCUT2D eigenvalue weighted by Crippen LogP contribution is -2.12. The monoisotopic (exact) mass is 244 g/mol. The topological polar surface area (TPSA) is 17.1 Å². The molecule has 1 rings (SSSR count). The Balaban J connectivity index is 3.12. The second-order valence-electron chi connectivity index (χ2n) is 3.29. The van der Waals surface area contributed by atoms with Gasteiger partial charge in [0.05, 0.1) is 11.1 Å². The fourth-order valence-electron chi connectivity index (χ4n) is 1.29. The van der Waals surface area contributed by atoms with Gasteiger partial charge in [0.2, 0.25) is 0 Å². The molecular weight excluding hydrogens is 236 g/mol. The zero-order chi connectivity index (χ0) is 13.1. The molecule has 0 N–H and O–H groups in total. The minimum atomic E-state index is -4.81. The van der Waals surface area contributed by atoms with Crippen molar-refractivity contribution in [2.75, 3.05) is 0 Å². The first-order valence-electron chi connectivity index (χ1n) is 4.70. The summed E-state index contributed by atoms with van der Waals surface area (Å²) >= 11 is 0. The lowest BCUT2D eigenvalue weighted by atomic mass is 10.0. The Kier molecular flexibility index (Phi) is 3.89. The molecule has 0 amide bonds. The predicted molar refractivity (Wildman–Crippen MR) is 53.8 cm³/mol. The number of carbonyl (C=O) groups excluding carboxylic acids is 1. The fourth-order valence-corrected chi connectivity index (χ4v) is 1.29. The van der Waals surface area contributed by atoms with Crippen molar-refractivity contribution < 1.29 is 22.4 Å². The van der Waals surface area contributed by atoms with Crippen molar-refractivity contribution in [3.63, 3.8) is 0 Å². The van der Waals surface area contributed by atoms with Crippen molar-refractivity contribution in [1.29, 1.82) is 0 Å². The highest BCUT2D eigenvalue weighted by Gasteiger charge is 2.35. The van der Waals surface area contributed by atoms with Crippen LogP contribution in [0.5, 0.6) is 0 Å². The summed E-state index contributed by atoms with van der Waals surface area (Å²) in [5, 5.41) is 0. The van der Waals surface area contributed by atoms with Gasteiger partial charge in [-0.05, 0) is 12.1 Å². The molecular formula is C12H8F4O. The van der Waals surface area contributed by atoms with Gasteiger partial charge in [0.15, 0.2) is 5.78 Å². The van der Waals surface area contributed by atoms with E-state index in [1.54, 1.807) is 0 Å². The third kappa shape index (κ3) is 3.06. The zero-order valence-corrected chi connectivity index (χ0v) is 8.64. The molecule has 0 unspecified atom stereocenters. The smallest absolute Gasteiger partial charge is 0.294 e. The van der Waals surface area contributed by atoms with Gasteiger partial charge in [-0.2, -0.15) is 13.2 Å². The van der Waals surface area contributed by atoms with Crippen molar-refractivity contribution in [2.45, 2.75) is 19.0 Å². The number of terminal acetylenes is 1. The molecule has 17 heavy (non-hydrogen) atoms. The lowest BCUT2D eigenvalue weighted by Gasteiger charge is -2.10. The number of halogens is 4. The molecule has 0 saturated heterocycles. The maximum absolute atomic E-state index is 13.5. The molecule has 1 aromatic carbocycles. The van der Waals surface area contributed by atoms with Crippen LogP contribution in [0.1, 0.15) is 28.8 Å². The summed E-state index contributed by atoms with van der Waals surface area (Å²) in [6, 6.07) is 2.60. The van der Waals surface area contributed by atoms with Crippen LogP contribution >= 0.6 is 0 Å². The molecule has 0 atom stereocenters. The molecule has 0 radical (unpaired) electrons. The summed E-state index contributed by atoms with van der Waals surface area (Å²) in [6.45, 7) is 0. The first-order chi connectivity index (χ1) is 7.88. The van der Waals surface area contributed by atoms with Crippen LogP contribution in [-0.2, 0) is 6.18 Å². The van der Waals surface area contributed by atoms with E-state index in [1.807, 2.05) is 0 Å². The SMILES string of the molecule is C#CCCC(=O)c1cccc(C(F)(F)F)c1F. The largest absolute Gasteiger partial charge is 0.419 e. The number of Topliss-reactive ketones (excluding diaryl/α,β-unsaturated/α-hetero) is 1. The van der Waals surface area contributed by atoms with E-state index in [4.69, 9.17) is 6.42 Å². The molecule has 0 aromatic heterocycles. The van der Waals surface area contributed by atoms with Gasteiger partial charge in [-0.3, -0.25) is 4.79 Å². The minimum absolute atomic E-state index is 0.0640. The highest BCUT2D eigenvalue weighted by molar-refractivity contribution is 5.96. The number of alkyl halides is 3. The Morgan fingerprint density at radius 3 is 2.53 bits per heavy atom. The quantitative estimate of drug-likeness (QED) is 0.452. The van der Waals surface area contributed by atoms with Crippen LogP contribution < -0.4 is 0 Å². The van der Waals surface area contributed by atoms with Crippen LogP contribution in [0.25, 0.3) is 0 Å². The second-order valence-corrected chi connectivity index (χ2v) is 3.29. The normalized spacial score (nSPS) is 11.0. The van der Waals surface area contributed by atoms with E-state index in [2.05, 4.69) is 5.92 Å². The average molecular weight is 244 g/mol. The van der Waals surface area contributed by atoms with Gasteiger partial charge in [0.1, 0.15) is 5.82 Å². The van der Waals surface area contributed by atoms with E-state index in [1.165, 1.54) is 0 Å². The molecule has 0 bridgehead atoms. The molecule has 90 valence electrons. The van der Waals surface area contributed by atoms with Crippen LogP contribution in [0.2, 0.25) is 0 Å². The van der Waals surface area contributed by atoms with Crippen LogP contribution in [-0.4, -0.2) is 5.78 Å². The highest BCUT2D eigenvalue weighted by atomic mass is 19.4. The van der Waals surface area contributed by atoms with Crippen molar-refractivity contribution in [3.8, 4) is 12.3 Å². The maximum atomic E-state index is 13.5. The molecule has 0 aliphatic heterocycles. The molecule has 0 fully saturated rings. The van der Waals surface area contributed by atoms with E-state index < -0.39 is 28.9 Å². The van der Waals surface area contributed by atoms with E-state index in [0.29, 0.717) is 6.07 Å². The van der Waals surface area contributed by atoms with Crippen molar-refractivity contribution >= 4 is 5.78 Å². The lowest BCUT2D eigenvalue weighted by molar-refractivity contribution is -0.140. The zero-order valence-electron chi connectivity index (χ0n) is 8.64. The van der Waals surface area contributed by atoms with Crippen LogP contribution in [0, 0.1) is 18.2 Å². The Hall–Kier alpha value is -1.83. The minimum Gasteiger partial charge on any atom is -0.294 e. The van der Waals surface area contributed by atoms with Gasteiger partial charge in [-0.15, -0.1) is 12.3 Å². The highest BCUT2D eigenvalue weighted by Crippen LogP contribution is 2.32. The molecule has 0 aliphatic carbocycles. The summed E-state index contributed by atoms with van der Waals surface area (Å²) in [4.78, 5) is 11.4. The van der Waals surface area contributed by atoms with Gasteiger partial charge in [0.25, 0.3) is 0 Å². The van der Waals surface area contributed by atoms with Crippen LogP contribution in [0.3, 0.4) is 0 Å². The average Bonchev–Trinajstić information content (AvgIpc) is 2.24. The first kappa shape index (κ1) is 13.2. The predicted octanol–water partition coefficient (Wildman–Crippen LogP) is 3.44. The Labute approximate surface area is 95.4 Å². The second kappa shape index (κ2) is 5.00. The Morgan fingerprint density at radius 1 is 1.35 bits per heavy atom. The number of benzene rings is 1. The fraction of sp³-hybridized carbons (Fsp3) is 0.250. The molecule has 0 heterocycles. The number of rotatable bonds is 3. The van der Waals surface area contributed by atoms with Gasteiger partial charge >= 0.3 is 6.18 Å². The molecule has 1 aromatic rings. The number of carbonyl (C=O) groups is 1. The molecule has 0 saturated carbocycles. The molecule has 0 aliphatic rings. The summed E-state index contributed by atoms with van der Waals surface area (Å²) in [5.74, 6) is -0.103. The summed E-state index contributed by atoms with van der Waals surface area (Å²) in [7, 11) is 0. The third-order valence-corrected chi connectivity index (χ3v) is 2.10. The van der Waals surface area contributed by atoms with Crippen LogP contribution in [0.4, 0.5) is 17.6 Å². The van der Waals surface area contributed by atoms with Gasteiger partial charge in [-0.1, -0.05) is 6.07 Å². The molecule has 0 spiro atoms.